The summed E-state index contributed by atoms with van der Waals surface area (Å²) >= 11 is 4.18. The monoisotopic (exact) mass is 236 g/mol. The first kappa shape index (κ1) is 12.8. The van der Waals surface area contributed by atoms with Crippen molar-refractivity contribution in [2.75, 3.05) is 6.61 Å². The van der Waals surface area contributed by atoms with Gasteiger partial charge in [-0.25, -0.2) is 4.79 Å². The molecule has 0 amide bonds. The van der Waals surface area contributed by atoms with Crippen molar-refractivity contribution in [3.63, 3.8) is 0 Å². The summed E-state index contributed by atoms with van der Waals surface area (Å²) in [6.07, 6.45) is 5.12. The topological polar surface area (TPSA) is 26.3 Å². The molecule has 0 bridgehead atoms. The number of rotatable bonds is 5. The van der Waals surface area contributed by atoms with E-state index in [9.17, 15) is 4.79 Å². The van der Waals surface area contributed by atoms with Crippen LogP contribution in [0.2, 0.25) is 0 Å². The molecule has 0 saturated carbocycles. The van der Waals surface area contributed by atoms with E-state index in [0.717, 1.165) is 23.3 Å². The Hall–Kier alpha value is -1.22. The first-order chi connectivity index (χ1) is 7.72. The van der Waals surface area contributed by atoms with Gasteiger partial charge in [-0.2, -0.15) is 0 Å². The number of thiol groups is 1. The van der Waals surface area contributed by atoms with Crippen molar-refractivity contribution >= 4 is 24.7 Å². The van der Waals surface area contributed by atoms with Crippen LogP contribution in [0.4, 0.5) is 0 Å². The zero-order valence-electron chi connectivity index (χ0n) is 9.35. The number of unbranched alkanes of at least 4 members (excludes halogenated alkanes) is 1. The van der Waals surface area contributed by atoms with Gasteiger partial charge in [0.05, 0.1) is 6.61 Å². The van der Waals surface area contributed by atoms with Crippen LogP contribution >= 0.6 is 12.6 Å². The van der Waals surface area contributed by atoms with E-state index in [-0.39, 0.29) is 5.97 Å². The van der Waals surface area contributed by atoms with Gasteiger partial charge in [-0.15, -0.1) is 12.6 Å². The minimum atomic E-state index is -0.289. The molecule has 0 aliphatic rings. The highest BCUT2D eigenvalue weighted by molar-refractivity contribution is 7.80. The van der Waals surface area contributed by atoms with Gasteiger partial charge in [-0.1, -0.05) is 25.5 Å². The Labute approximate surface area is 102 Å². The van der Waals surface area contributed by atoms with Gasteiger partial charge in [0.1, 0.15) is 0 Å². The van der Waals surface area contributed by atoms with Gasteiger partial charge >= 0.3 is 5.97 Å². The number of carbonyl (C=O) groups excluding carboxylic acids is 1. The Morgan fingerprint density at radius 3 is 2.69 bits per heavy atom. The fourth-order valence-corrected chi connectivity index (χ4v) is 1.26. The molecule has 0 fully saturated rings. The standard InChI is InChI=1S/C13H16O2S/c1-2-3-10-15-13(14)9-6-11-4-7-12(16)8-5-11/h4-9,16H,2-3,10H2,1H3/b9-6+. The molecule has 0 radical (unpaired) electrons. The van der Waals surface area contributed by atoms with Crippen molar-refractivity contribution in [2.45, 2.75) is 24.7 Å². The largest absolute Gasteiger partial charge is 0.463 e. The molecule has 1 aromatic carbocycles. The van der Waals surface area contributed by atoms with Crippen LogP contribution < -0.4 is 0 Å². The Morgan fingerprint density at radius 1 is 1.38 bits per heavy atom. The maximum atomic E-state index is 11.2. The Balaban J connectivity index is 2.41. The molecule has 3 heteroatoms. The SMILES string of the molecule is CCCCOC(=O)/C=C/c1ccc(S)cc1. The van der Waals surface area contributed by atoms with Crippen LogP contribution in [0, 0.1) is 0 Å². The third-order valence-corrected chi connectivity index (χ3v) is 2.35. The molecule has 0 N–H and O–H groups in total. The number of esters is 1. The van der Waals surface area contributed by atoms with Crippen LogP contribution in [0.15, 0.2) is 35.2 Å². The van der Waals surface area contributed by atoms with E-state index in [2.05, 4.69) is 19.6 Å². The molecule has 0 aliphatic heterocycles. The minimum Gasteiger partial charge on any atom is -0.463 e. The lowest BCUT2D eigenvalue weighted by atomic mass is 10.2. The molecule has 0 spiro atoms. The van der Waals surface area contributed by atoms with Crippen molar-refractivity contribution in [3.8, 4) is 0 Å². The highest BCUT2D eigenvalue weighted by Crippen LogP contribution is 2.09. The van der Waals surface area contributed by atoms with Gasteiger partial charge in [-0.05, 0) is 30.2 Å². The number of carbonyl (C=O) groups is 1. The lowest BCUT2D eigenvalue weighted by molar-refractivity contribution is -0.137. The van der Waals surface area contributed by atoms with E-state index in [0.29, 0.717) is 6.61 Å². The number of hydrogen-bond acceptors (Lipinski definition) is 3. The van der Waals surface area contributed by atoms with Crippen LogP contribution in [0.3, 0.4) is 0 Å². The van der Waals surface area contributed by atoms with Gasteiger partial charge in [-0.3, -0.25) is 0 Å². The van der Waals surface area contributed by atoms with E-state index in [1.807, 2.05) is 24.3 Å². The molecular formula is C13H16O2S. The maximum absolute atomic E-state index is 11.2. The molecule has 0 heterocycles. The van der Waals surface area contributed by atoms with Crippen molar-refractivity contribution in [1.29, 1.82) is 0 Å². The smallest absolute Gasteiger partial charge is 0.330 e. The molecule has 0 aliphatic carbocycles. The molecule has 0 aromatic heterocycles. The van der Waals surface area contributed by atoms with E-state index in [1.54, 1.807) is 6.08 Å². The van der Waals surface area contributed by atoms with Gasteiger partial charge < -0.3 is 4.74 Å². The van der Waals surface area contributed by atoms with Crippen LogP contribution in [0.5, 0.6) is 0 Å². The highest BCUT2D eigenvalue weighted by atomic mass is 32.1. The number of hydrogen-bond donors (Lipinski definition) is 1. The summed E-state index contributed by atoms with van der Waals surface area (Å²) in [5.41, 5.74) is 0.963. The quantitative estimate of drug-likeness (QED) is 0.367. The van der Waals surface area contributed by atoms with E-state index in [1.165, 1.54) is 6.08 Å². The minimum absolute atomic E-state index is 0.289. The lowest BCUT2D eigenvalue weighted by Crippen LogP contribution is -2.01. The third-order valence-electron chi connectivity index (χ3n) is 2.05. The van der Waals surface area contributed by atoms with Crippen molar-refractivity contribution in [2.24, 2.45) is 0 Å². The zero-order chi connectivity index (χ0) is 11.8. The van der Waals surface area contributed by atoms with Crippen molar-refractivity contribution in [3.05, 3.63) is 35.9 Å². The Morgan fingerprint density at radius 2 is 2.06 bits per heavy atom. The highest BCUT2D eigenvalue weighted by Gasteiger charge is 1.95. The molecule has 86 valence electrons. The number of benzene rings is 1. The van der Waals surface area contributed by atoms with Gasteiger partial charge in [0.15, 0.2) is 0 Å². The average molecular weight is 236 g/mol. The normalized spacial score (nSPS) is 10.6. The molecule has 0 atom stereocenters. The van der Waals surface area contributed by atoms with Crippen LogP contribution in [0.25, 0.3) is 6.08 Å². The van der Waals surface area contributed by atoms with Crippen LogP contribution in [-0.2, 0) is 9.53 Å². The first-order valence-corrected chi connectivity index (χ1v) is 5.81. The maximum Gasteiger partial charge on any atom is 0.330 e. The van der Waals surface area contributed by atoms with Crippen molar-refractivity contribution in [1.82, 2.24) is 0 Å². The zero-order valence-corrected chi connectivity index (χ0v) is 10.2. The molecule has 0 unspecified atom stereocenters. The second kappa shape index (κ2) is 7.12. The molecule has 2 nitrogen and oxygen atoms in total. The molecule has 1 aromatic rings. The van der Waals surface area contributed by atoms with E-state index < -0.39 is 0 Å². The average Bonchev–Trinajstić information content (AvgIpc) is 2.29. The molecule has 0 saturated heterocycles. The second-order valence-electron chi connectivity index (χ2n) is 3.45. The first-order valence-electron chi connectivity index (χ1n) is 5.36. The summed E-state index contributed by atoms with van der Waals surface area (Å²) in [6, 6.07) is 7.56. The molecule has 16 heavy (non-hydrogen) atoms. The summed E-state index contributed by atoms with van der Waals surface area (Å²) in [7, 11) is 0. The van der Waals surface area contributed by atoms with Crippen molar-refractivity contribution < 1.29 is 9.53 Å². The van der Waals surface area contributed by atoms with Gasteiger partial charge in [0.25, 0.3) is 0 Å². The van der Waals surface area contributed by atoms with Gasteiger partial charge in [0, 0.05) is 11.0 Å². The summed E-state index contributed by atoms with van der Waals surface area (Å²) < 4.78 is 4.99. The molecule has 1 rings (SSSR count). The molecular weight excluding hydrogens is 220 g/mol. The Bertz CT molecular complexity index is 355. The van der Waals surface area contributed by atoms with Crippen LogP contribution in [0.1, 0.15) is 25.3 Å². The predicted octanol–water partition coefficient (Wildman–Crippen LogP) is 3.33. The fraction of sp³-hybridized carbons (Fsp3) is 0.308. The van der Waals surface area contributed by atoms with E-state index in [4.69, 9.17) is 4.74 Å². The number of ether oxygens (including phenoxy) is 1. The predicted molar refractivity (Wildman–Crippen MR) is 68.6 cm³/mol. The lowest BCUT2D eigenvalue weighted by Gasteiger charge is -1.99. The second-order valence-corrected chi connectivity index (χ2v) is 3.96. The Kier molecular flexibility index (Phi) is 5.72. The third kappa shape index (κ3) is 5.03. The van der Waals surface area contributed by atoms with Crippen LogP contribution in [-0.4, -0.2) is 12.6 Å². The summed E-state index contributed by atoms with van der Waals surface area (Å²) in [4.78, 5) is 12.1. The van der Waals surface area contributed by atoms with E-state index >= 15 is 0 Å². The summed E-state index contributed by atoms with van der Waals surface area (Å²) in [5, 5.41) is 0. The summed E-state index contributed by atoms with van der Waals surface area (Å²) in [5.74, 6) is -0.289. The summed E-state index contributed by atoms with van der Waals surface area (Å²) in [6.45, 7) is 2.55. The van der Waals surface area contributed by atoms with Gasteiger partial charge in [0.2, 0.25) is 0 Å². The fourth-order valence-electron chi connectivity index (χ4n) is 1.11.